The maximum absolute atomic E-state index is 6.05. The van der Waals surface area contributed by atoms with E-state index in [4.69, 9.17) is 11.6 Å². The van der Waals surface area contributed by atoms with Crippen LogP contribution in [-0.4, -0.2) is 21.4 Å². The van der Waals surface area contributed by atoms with Gasteiger partial charge in [0.2, 0.25) is 5.95 Å². The molecule has 1 saturated carbocycles. The molecule has 82 valence electrons. The van der Waals surface area contributed by atoms with Gasteiger partial charge in [0.1, 0.15) is 0 Å². The summed E-state index contributed by atoms with van der Waals surface area (Å²) in [6.07, 6.45) is 8.05. The van der Waals surface area contributed by atoms with E-state index in [1.807, 2.05) is 12.4 Å². The SMILES string of the molecule is ClC1CCC(Nc2ncc(I)cn2)CC1. The first-order chi connectivity index (χ1) is 7.24. The summed E-state index contributed by atoms with van der Waals surface area (Å²) in [5.41, 5.74) is 0. The lowest BCUT2D eigenvalue weighted by Gasteiger charge is -2.25. The number of halogens is 2. The molecule has 0 radical (unpaired) electrons. The summed E-state index contributed by atoms with van der Waals surface area (Å²) in [6, 6.07) is 0.486. The Bertz CT molecular complexity index is 309. The zero-order valence-electron chi connectivity index (χ0n) is 8.29. The van der Waals surface area contributed by atoms with Gasteiger partial charge in [-0.2, -0.15) is 0 Å². The van der Waals surface area contributed by atoms with Gasteiger partial charge in [-0.3, -0.25) is 0 Å². The van der Waals surface area contributed by atoms with Crippen LogP contribution in [0.3, 0.4) is 0 Å². The Labute approximate surface area is 108 Å². The lowest BCUT2D eigenvalue weighted by atomic mass is 9.95. The Hall–Kier alpha value is -0.100. The molecule has 15 heavy (non-hydrogen) atoms. The maximum atomic E-state index is 6.05. The van der Waals surface area contributed by atoms with Crippen LogP contribution in [0.2, 0.25) is 0 Å². The summed E-state index contributed by atoms with van der Waals surface area (Å²) in [4.78, 5) is 8.46. The van der Waals surface area contributed by atoms with Crippen molar-refractivity contribution in [2.45, 2.75) is 37.1 Å². The molecule has 1 aromatic heterocycles. The van der Waals surface area contributed by atoms with Gasteiger partial charge in [0.05, 0.1) is 0 Å². The van der Waals surface area contributed by atoms with Crippen molar-refractivity contribution in [2.24, 2.45) is 0 Å². The molecule has 1 N–H and O–H groups in total. The predicted octanol–water partition coefficient (Wildman–Crippen LogP) is 3.04. The van der Waals surface area contributed by atoms with Crippen molar-refractivity contribution in [2.75, 3.05) is 5.32 Å². The fraction of sp³-hybridized carbons (Fsp3) is 0.600. The van der Waals surface area contributed by atoms with Gasteiger partial charge in [0, 0.05) is 27.4 Å². The summed E-state index contributed by atoms with van der Waals surface area (Å²) in [5.74, 6) is 0.730. The zero-order chi connectivity index (χ0) is 10.7. The molecule has 0 aromatic carbocycles. The first-order valence-electron chi connectivity index (χ1n) is 5.12. The Balaban J connectivity index is 1.89. The number of anilines is 1. The molecule has 1 aliphatic carbocycles. The molecule has 1 aromatic rings. The van der Waals surface area contributed by atoms with Crippen LogP contribution in [0.4, 0.5) is 5.95 Å². The summed E-state index contributed by atoms with van der Waals surface area (Å²) in [5, 5.41) is 3.71. The average Bonchev–Trinajstić information content (AvgIpc) is 2.25. The molecular formula is C10H13ClIN3. The normalized spacial score (nSPS) is 26.3. The van der Waals surface area contributed by atoms with Crippen molar-refractivity contribution < 1.29 is 0 Å². The molecule has 0 spiro atoms. The van der Waals surface area contributed by atoms with Crippen LogP contribution in [0.1, 0.15) is 25.7 Å². The highest BCUT2D eigenvalue weighted by molar-refractivity contribution is 14.1. The van der Waals surface area contributed by atoms with Crippen molar-refractivity contribution in [3.05, 3.63) is 16.0 Å². The second-order valence-electron chi connectivity index (χ2n) is 3.82. The first-order valence-corrected chi connectivity index (χ1v) is 6.64. The number of hydrogen-bond donors (Lipinski definition) is 1. The quantitative estimate of drug-likeness (QED) is 0.666. The molecule has 1 fully saturated rings. The van der Waals surface area contributed by atoms with E-state index in [0.29, 0.717) is 11.4 Å². The van der Waals surface area contributed by atoms with E-state index in [2.05, 4.69) is 37.9 Å². The Morgan fingerprint density at radius 2 is 1.80 bits per heavy atom. The van der Waals surface area contributed by atoms with Crippen LogP contribution >= 0.6 is 34.2 Å². The van der Waals surface area contributed by atoms with Crippen molar-refractivity contribution in [1.29, 1.82) is 0 Å². The number of rotatable bonds is 2. The standard InChI is InChI=1S/C10H13ClIN3/c11-7-1-3-9(4-2-7)15-10-13-5-8(12)6-14-10/h5-7,9H,1-4H2,(H,13,14,15). The number of hydrogen-bond acceptors (Lipinski definition) is 3. The van der Waals surface area contributed by atoms with Crippen molar-refractivity contribution in [3.63, 3.8) is 0 Å². The van der Waals surface area contributed by atoms with Gasteiger partial charge in [-0.25, -0.2) is 9.97 Å². The number of nitrogens with zero attached hydrogens (tertiary/aromatic N) is 2. The third-order valence-electron chi connectivity index (χ3n) is 2.61. The van der Waals surface area contributed by atoms with Crippen molar-refractivity contribution >= 4 is 40.1 Å². The third kappa shape index (κ3) is 3.45. The second kappa shape index (κ2) is 5.30. The number of nitrogens with one attached hydrogen (secondary N) is 1. The molecule has 0 aliphatic heterocycles. The summed E-state index contributed by atoms with van der Waals surface area (Å²) < 4.78 is 1.06. The summed E-state index contributed by atoms with van der Waals surface area (Å²) >= 11 is 8.25. The Morgan fingerprint density at radius 1 is 1.20 bits per heavy atom. The minimum absolute atomic E-state index is 0.362. The van der Waals surface area contributed by atoms with Crippen molar-refractivity contribution in [3.8, 4) is 0 Å². The van der Waals surface area contributed by atoms with Crippen molar-refractivity contribution in [1.82, 2.24) is 9.97 Å². The number of alkyl halides is 1. The van der Waals surface area contributed by atoms with Crippen LogP contribution in [0.25, 0.3) is 0 Å². The van der Waals surface area contributed by atoms with Crippen LogP contribution in [-0.2, 0) is 0 Å². The van der Waals surface area contributed by atoms with E-state index in [1.165, 1.54) is 0 Å². The Morgan fingerprint density at radius 3 is 2.40 bits per heavy atom. The number of aromatic nitrogens is 2. The van der Waals surface area contributed by atoms with E-state index >= 15 is 0 Å². The molecule has 1 aliphatic rings. The maximum Gasteiger partial charge on any atom is 0.222 e. The van der Waals surface area contributed by atoms with E-state index in [9.17, 15) is 0 Å². The second-order valence-corrected chi connectivity index (χ2v) is 5.68. The molecule has 0 unspecified atom stereocenters. The van der Waals surface area contributed by atoms with Crippen LogP contribution in [0.15, 0.2) is 12.4 Å². The van der Waals surface area contributed by atoms with Gasteiger partial charge in [-0.05, 0) is 48.3 Å². The molecule has 0 atom stereocenters. The molecule has 2 rings (SSSR count). The van der Waals surface area contributed by atoms with Crippen LogP contribution in [0, 0.1) is 3.57 Å². The summed E-state index contributed by atoms with van der Waals surface area (Å²) in [7, 11) is 0. The average molecular weight is 338 g/mol. The monoisotopic (exact) mass is 337 g/mol. The largest absolute Gasteiger partial charge is 0.351 e. The van der Waals surface area contributed by atoms with Gasteiger partial charge in [-0.1, -0.05) is 0 Å². The van der Waals surface area contributed by atoms with Gasteiger partial charge in [0.25, 0.3) is 0 Å². The highest BCUT2D eigenvalue weighted by atomic mass is 127. The van der Waals surface area contributed by atoms with Crippen LogP contribution in [0.5, 0.6) is 0 Å². The molecule has 1 heterocycles. The van der Waals surface area contributed by atoms with E-state index in [-0.39, 0.29) is 0 Å². The molecule has 0 amide bonds. The van der Waals surface area contributed by atoms with Gasteiger partial charge in [-0.15, -0.1) is 11.6 Å². The minimum atomic E-state index is 0.362. The fourth-order valence-corrected chi connectivity index (χ4v) is 2.30. The molecule has 3 nitrogen and oxygen atoms in total. The molecular weight excluding hydrogens is 324 g/mol. The van der Waals surface area contributed by atoms with Gasteiger partial charge >= 0.3 is 0 Å². The van der Waals surface area contributed by atoms with E-state index in [1.54, 1.807) is 0 Å². The van der Waals surface area contributed by atoms with Gasteiger partial charge < -0.3 is 5.32 Å². The highest BCUT2D eigenvalue weighted by Gasteiger charge is 2.19. The summed E-state index contributed by atoms with van der Waals surface area (Å²) in [6.45, 7) is 0. The molecule has 5 heteroatoms. The third-order valence-corrected chi connectivity index (χ3v) is 3.60. The fourth-order valence-electron chi connectivity index (χ4n) is 1.77. The van der Waals surface area contributed by atoms with E-state index < -0.39 is 0 Å². The predicted molar refractivity (Wildman–Crippen MR) is 70.3 cm³/mol. The topological polar surface area (TPSA) is 37.8 Å². The molecule has 0 bridgehead atoms. The lowest BCUT2D eigenvalue weighted by Crippen LogP contribution is -2.27. The van der Waals surface area contributed by atoms with Crippen LogP contribution < -0.4 is 5.32 Å². The first kappa shape index (κ1) is 11.4. The minimum Gasteiger partial charge on any atom is -0.351 e. The molecule has 0 saturated heterocycles. The zero-order valence-corrected chi connectivity index (χ0v) is 11.2. The lowest BCUT2D eigenvalue weighted by molar-refractivity contribution is 0.466. The van der Waals surface area contributed by atoms with E-state index in [0.717, 1.165) is 35.2 Å². The highest BCUT2D eigenvalue weighted by Crippen LogP contribution is 2.24. The Kier molecular flexibility index (Phi) is 4.02. The van der Waals surface area contributed by atoms with Gasteiger partial charge in [0.15, 0.2) is 0 Å². The smallest absolute Gasteiger partial charge is 0.222 e.